The van der Waals surface area contributed by atoms with Crippen LogP contribution in [0.15, 0.2) is 47.6 Å². The van der Waals surface area contributed by atoms with Gasteiger partial charge in [0.1, 0.15) is 11.0 Å². The zero-order valence-corrected chi connectivity index (χ0v) is 18.3. The third-order valence-corrected chi connectivity index (χ3v) is 6.42. The summed E-state index contributed by atoms with van der Waals surface area (Å²) in [6.07, 6.45) is 0.745. The third-order valence-electron chi connectivity index (χ3n) is 5.20. The topological polar surface area (TPSA) is 81.1 Å². The number of rotatable bonds is 5. The van der Waals surface area contributed by atoms with Crippen molar-refractivity contribution in [3.8, 4) is 5.75 Å². The number of nitrogens with zero attached hydrogens (tertiary/aromatic N) is 3. The molecule has 0 saturated carbocycles. The Balaban J connectivity index is 1.68. The lowest BCUT2D eigenvalue weighted by Crippen LogP contribution is -2.41. The minimum atomic E-state index is -0.417. The van der Waals surface area contributed by atoms with E-state index in [0.717, 1.165) is 40.4 Å². The van der Waals surface area contributed by atoms with E-state index in [1.54, 1.807) is 7.11 Å². The number of carbonyl (C=O) groups excluding carboxylic acids is 1. The van der Waals surface area contributed by atoms with Gasteiger partial charge in [-0.3, -0.25) is 4.79 Å². The smallest absolute Gasteiger partial charge is 0.240 e. The van der Waals surface area contributed by atoms with E-state index in [2.05, 4.69) is 20.9 Å². The molecule has 1 aromatic heterocycles. The molecule has 1 aliphatic rings. The Bertz CT molecular complexity index is 1060. The molecule has 0 unspecified atom stereocenters. The molecule has 1 amide bonds. The Labute approximate surface area is 180 Å². The van der Waals surface area contributed by atoms with Crippen molar-refractivity contribution >= 4 is 23.4 Å². The minimum Gasteiger partial charge on any atom is -0.497 e. The molecule has 2 N–H and O–H groups in total. The van der Waals surface area contributed by atoms with Gasteiger partial charge < -0.3 is 15.5 Å². The second kappa shape index (κ2) is 8.39. The number of thioether (sulfide) groups is 1. The van der Waals surface area contributed by atoms with Crippen molar-refractivity contribution in [2.45, 2.75) is 43.6 Å². The van der Waals surface area contributed by atoms with Crippen LogP contribution in [0.25, 0.3) is 0 Å². The van der Waals surface area contributed by atoms with Gasteiger partial charge in [0.15, 0.2) is 5.82 Å². The van der Waals surface area contributed by atoms with Crippen molar-refractivity contribution in [3.63, 3.8) is 0 Å². The summed E-state index contributed by atoms with van der Waals surface area (Å²) >= 11 is 1.43. The van der Waals surface area contributed by atoms with Crippen molar-refractivity contribution in [2.24, 2.45) is 0 Å². The molecule has 2 atom stereocenters. The molecule has 0 spiro atoms. The van der Waals surface area contributed by atoms with Crippen molar-refractivity contribution < 1.29 is 9.53 Å². The molecule has 0 radical (unpaired) electrons. The highest BCUT2D eigenvalue weighted by Gasteiger charge is 2.37. The van der Waals surface area contributed by atoms with Gasteiger partial charge in [0.2, 0.25) is 11.1 Å². The molecule has 3 aromatic rings. The van der Waals surface area contributed by atoms with E-state index >= 15 is 0 Å². The number of carbonyl (C=O) groups is 1. The van der Waals surface area contributed by atoms with Crippen molar-refractivity contribution in [3.05, 3.63) is 65.0 Å². The van der Waals surface area contributed by atoms with Gasteiger partial charge in [-0.05, 0) is 48.7 Å². The number of aromatic nitrogens is 3. The number of amides is 1. The van der Waals surface area contributed by atoms with E-state index in [0.29, 0.717) is 5.16 Å². The van der Waals surface area contributed by atoms with Gasteiger partial charge in [-0.2, -0.15) is 0 Å². The molecule has 0 aliphatic carbocycles. The molecule has 7 nitrogen and oxygen atoms in total. The molecular weight excluding hydrogens is 398 g/mol. The Morgan fingerprint density at radius 3 is 2.67 bits per heavy atom. The summed E-state index contributed by atoms with van der Waals surface area (Å²) in [7, 11) is 1.64. The van der Waals surface area contributed by atoms with E-state index in [1.165, 1.54) is 11.8 Å². The van der Waals surface area contributed by atoms with Crippen LogP contribution >= 0.6 is 11.8 Å². The predicted molar refractivity (Wildman–Crippen MR) is 119 cm³/mol. The molecule has 2 heterocycles. The summed E-state index contributed by atoms with van der Waals surface area (Å²) < 4.78 is 7.17. The lowest BCUT2D eigenvalue weighted by Gasteiger charge is -2.33. The highest BCUT2D eigenvalue weighted by Crippen LogP contribution is 2.38. The van der Waals surface area contributed by atoms with Gasteiger partial charge in [0.05, 0.1) is 13.2 Å². The minimum absolute atomic E-state index is 0.0747. The molecule has 4 rings (SSSR count). The predicted octanol–water partition coefficient (Wildman–Crippen LogP) is 3.86. The number of hydrogen-bond acceptors (Lipinski definition) is 6. The zero-order chi connectivity index (χ0) is 21.3. The quantitative estimate of drug-likeness (QED) is 0.649. The van der Waals surface area contributed by atoms with Gasteiger partial charge in [-0.15, -0.1) is 10.2 Å². The second-order valence-electron chi connectivity index (χ2n) is 7.31. The molecule has 156 valence electrons. The summed E-state index contributed by atoms with van der Waals surface area (Å²) in [6, 6.07) is 13.6. The number of nitrogens with one attached hydrogen (secondary N) is 2. The van der Waals surface area contributed by atoms with Crippen molar-refractivity contribution in [1.82, 2.24) is 14.9 Å². The lowest BCUT2D eigenvalue weighted by molar-refractivity contribution is -0.116. The Hall–Kier alpha value is -3.00. The SMILES string of the molecule is CCc1nnc2n1N[C@H](c1ccc(OC)cc1)[C@H](C(=O)Nc1cc(C)ccc1C)S2. The Kier molecular flexibility index (Phi) is 5.67. The van der Waals surface area contributed by atoms with Gasteiger partial charge in [0, 0.05) is 12.1 Å². The summed E-state index contributed by atoms with van der Waals surface area (Å²) in [5.41, 5.74) is 7.41. The summed E-state index contributed by atoms with van der Waals surface area (Å²) in [5.74, 6) is 1.54. The number of methoxy groups -OCH3 is 1. The summed E-state index contributed by atoms with van der Waals surface area (Å²) in [5, 5.41) is 11.9. The number of benzene rings is 2. The largest absolute Gasteiger partial charge is 0.497 e. The van der Waals surface area contributed by atoms with E-state index in [-0.39, 0.29) is 11.9 Å². The van der Waals surface area contributed by atoms with E-state index in [9.17, 15) is 4.79 Å². The fourth-order valence-electron chi connectivity index (χ4n) is 3.46. The van der Waals surface area contributed by atoms with E-state index in [4.69, 9.17) is 4.74 Å². The number of aryl methyl sites for hydroxylation is 3. The molecule has 30 heavy (non-hydrogen) atoms. The van der Waals surface area contributed by atoms with E-state index in [1.807, 2.05) is 67.9 Å². The second-order valence-corrected chi connectivity index (χ2v) is 8.42. The van der Waals surface area contributed by atoms with Crippen LogP contribution in [0, 0.1) is 13.8 Å². The number of hydrogen-bond donors (Lipinski definition) is 2. The number of fused-ring (bicyclic) bond motifs is 1. The van der Waals surface area contributed by atoms with Crippen molar-refractivity contribution in [2.75, 3.05) is 17.9 Å². The molecule has 0 fully saturated rings. The van der Waals surface area contributed by atoms with Gasteiger partial charge in [-0.1, -0.05) is 43.0 Å². The third kappa shape index (κ3) is 3.87. The lowest BCUT2D eigenvalue weighted by atomic mass is 10.0. The van der Waals surface area contributed by atoms with Crippen LogP contribution < -0.4 is 15.5 Å². The maximum absolute atomic E-state index is 13.4. The first-order valence-corrected chi connectivity index (χ1v) is 10.8. The molecule has 1 aliphatic heterocycles. The van der Waals surface area contributed by atoms with Crippen LogP contribution in [0.5, 0.6) is 5.75 Å². The highest BCUT2D eigenvalue weighted by atomic mass is 32.2. The first-order valence-electron chi connectivity index (χ1n) is 9.89. The zero-order valence-electron chi connectivity index (χ0n) is 17.5. The molecule has 0 saturated heterocycles. The normalized spacial score (nSPS) is 17.7. The van der Waals surface area contributed by atoms with Gasteiger partial charge in [0.25, 0.3) is 0 Å². The molecule has 2 aromatic carbocycles. The first-order chi connectivity index (χ1) is 14.5. The van der Waals surface area contributed by atoms with Crippen LogP contribution in [0.1, 0.15) is 35.5 Å². The van der Waals surface area contributed by atoms with E-state index < -0.39 is 5.25 Å². The first kappa shape index (κ1) is 20.3. The molecule has 8 heteroatoms. The van der Waals surface area contributed by atoms with Crippen molar-refractivity contribution in [1.29, 1.82) is 0 Å². The average Bonchev–Trinajstić information content (AvgIpc) is 3.17. The highest BCUT2D eigenvalue weighted by molar-refractivity contribution is 8.00. The molecular formula is C22H25N5O2S. The number of ether oxygens (including phenoxy) is 1. The maximum atomic E-state index is 13.4. The Morgan fingerprint density at radius 2 is 1.97 bits per heavy atom. The summed E-state index contributed by atoms with van der Waals surface area (Å²) in [6.45, 7) is 6.04. The number of anilines is 1. The Morgan fingerprint density at radius 1 is 1.20 bits per heavy atom. The fourth-order valence-corrected chi connectivity index (χ4v) is 4.56. The maximum Gasteiger partial charge on any atom is 0.240 e. The molecule has 0 bridgehead atoms. The van der Waals surface area contributed by atoms with Crippen LogP contribution in [0.2, 0.25) is 0 Å². The summed E-state index contributed by atoms with van der Waals surface area (Å²) in [4.78, 5) is 13.4. The monoisotopic (exact) mass is 423 g/mol. The van der Waals surface area contributed by atoms with Gasteiger partial charge >= 0.3 is 0 Å². The van der Waals surface area contributed by atoms with Crippen LogP contribution in [0.3, 0.4) is 0 Å². The fraction of sp³-hybridized carbons (Fsp3) is 0.318. The average molecular weight is 424 g/mol. The van der Waals surface area contributed by atoms with Gasteiger partial charge in [-0.25, -0.2) is 4.68 Å². The van der Waals surface area contributed by atoms with Crippen LogP contribution in [0.4, 0.5) is 5.69 Å². The standard InChI is InChI=1S/C22H25N5O2S/c1-5-18-24-25-22-27(18)26-19(15-8-10-16(29-4)11-9-15)20(30-22)21(28)23-17-12-13(2)6-7-14(17)3/h6-12,19-20,26H,5H2,1-4H3,(H,23,28)/t19-,20-/m1/s1. The van der Waals surface area contributed by atoms with Crippen LogP contribution in [-0.4, -0.2) is 33.1 Å². The van der Waals surface area contributed by atoms with Crippen LogP contribution in [-0.2, 0) is 11.2 Å².